The molecule has 1 aromatic carbocycles. The normalized spacial score (nSPS) is 14.4. The second kappa shape index (κ2) is 5.06. The van der Waals surface area contributed by atoms with Crippen LogP contribution in [0, 0.1) is 13.8 Å². The Bertz CT molecular complexity index is 666. The molecule has 0 atom stereocenters. The Balaban J connectivity index is 2.10. The molecule has 20 heavy (non-hydrogen) atoms. The molecule has 0 unspecified atom stereocenters. The van der Waals surface area contributed by atoms with Crippen LogP contribution < -0.4 is 4.74 Å². The number of aryl methyl sites for hydroxylation is 2. The summed E-state index contributed by atoms with van der Waals surface area (Å²) in [7, 11) is 1.69. The van der Waals surface area contributed by atoms with E-state index < -0.39 is 0 Å². The summed E-state index contributed by atoms with van der Waals surface area (Å²) in [6.45, 7) is 4.09. The Morgan fingerprint density at radius 3 is 2.50 bits per heavy atom. The maximum Gasteiger partial charge on any atom is 0.133 e. The minimum atomic E-state index is 0.493. The molecule has 0 N–H and O–H groups in total. The summed E-state index contributed by atoms with van der Waals surface area (Å²) in [5.74, 6) is 2.27. The number of hydrogen-bond donors (Lipinski definition) is 0. The predicted molar refractivity (Wildman–Crippen MR) is 80.5 cm³/mol. The standard InChI is InChI=1S/C16H17ClN2O/c1-9-7-14(20-3)10(2)6-12(9)13-8-15(17)19-16(18-13)11-4-5-11/h6-8,11H,4-5H2,1-3H3. The Morgan fingerprint density at radius 2 is 1.85 bits per heavy atom. The van der Waals surface area contributed by atoms with E-state index in [0.717, 1.165) is 34.0 Å². The Kier molecular flexibility index (Phi) is 3.38. The van der Waals surface area contributed by atoms with Crippen molar-refractivity contribution in [2.75, 3.05) is 7.11 Å². The van der Waals surface area contributed by atoms with Crippen LogP contribution in [-0.4, -0.2) is 17.1 Å². The first-order valence-electron chi connectivity index (χ1n) is 6.78. The smallest absolute Gasteiger partial charge is 0.133 e. The second-order valence-corrected chi connectivity index (χ2v) is 5.73. The summed E-state index contributed by atoms with van der Waals surface area (Å²) >= 11 is 6.15. The highest BCUT2D eigenvalue weighted by atomic mass is 35.5. The molecular weight excluding hydrogens is 272 g/mol. The molecular formula is C16H17ClN2O. The van der Waals surface area contributed by atoms with Crippen LogP contribution in [0.4, 0.5) is 0 Å². The molecule has 0 spiro atoms. The lowest BCUT2D eigenvalue weighted by atomic mass is 10.0. The molecule has 104 valence electrons. The van der Waals surface area contributed by atoms with E-state index in [1.165, 1.54) is 12.8 Å². The molecule has 0 amide bonds. The number of nitrogens with zero attached hydrogens (tertiary/aromatic N) is 2. The van der Waals surface area contributed by atoms with Gasteiger partial charge in [-0.1, -0.05) is 11.6 Å². The van der Waals surface area contributed by atoms with Crippen LogP contribution in [0.15, 0.2) is 18.2 Å². The monoisotopic (exact) mass is 288 g/mol. The van der Waals surface area contributed by atoms with E-state index in [0.29, 0.717) is 11.1 Å². The number of rotatable bonds is 3. The van der Waals surface area contributed by atoms with E-state index >= 15 is 0 Å². The number of methoxy groups -OCH3 is 1. The summed E-state index contributed by atoms with van der Waals surface area (Å²) in [5.41, 5.74) is 4.21. The minimum absolute atomic E-state index is 0.493. The fourth-order valence-corrected chi connectivity index (χ4v) is 2.57. The summed E-state index contributed by atoms with van der Waals surface area (Å²) < 4.78 is 5.35. The summed E-state index contributed by atoms with van der Waals surface area (Å²) in [6, 6.07) is 5.97. The van der Waals surface area contributed by atoms with E-state index in [2.05, 4.69) is 23.0 Å². The lowest BCUT2D eigenvalue weighted by Gasteiger charge is -2.12. The molecule has 1 aliphatic rings. The van der Waals surface area contributed by atoms with Gasteiger partial charge in [0.15, 0.2) is 0 Å². The molecule has 0 saturated heterocycles. The Labute approximate surface area is 124 Å². The lowest BCUT2D eigenvalue weighted by Crippen LogP contribution is -1.98. The van der Waals surface area contributed by atoms with Crippen LogP contribution in [0.5, 0.6) is 5.75 Å². The molecule has 3 rings (SSSR count). The minimum Gasteiger partial charge on any atom is -0.496 e. The van der Waals surface area contributed by atoms with Gasteiger partial charge in [-0.05, 0) is 49.9 Å². The number of halogens is 1. The fourth-order valence-electron chi connectivity index (χ4n) is 2.38. The zero-order chi connectivity index (χ0) is 14.3. The number of aromatic nitrogens is 2. The highest BCUT2D eigenvalue weighted by Gasteiger charge is 2.27. The molecule has 1 fully saturated rings. The van der Waals surface area contributed by atoms with Gasteiger partial charge in [-0.2, -0.15) is 0 Å². The summed E-state index contributed by atoms with van der Waals surface area (Å²) in [4.78, 5) is 9.02. The Hall–Kier alpha value is -1.61. The van der Waals surface area contributed by atoms with Gasteiger partial charge in [0, 0.05) is 17.5 Å². The maximum atomic E-state index is 6.15. The maximum absolute atomic E-state index is 6.15. The topological polar surface area (TPSA) is 35.0 Å². The molecule has 1 aliphatic carbocycles. The average molecular weight is 289 g/mol. The quantitative estimate of drug-likeness (QED) is 0.790. The number of ether oxygens (including phenoxy) is 1. The average Bonchev–Trinajstić information content (AvgIpc) is 3.24. The largest absolute Gasteiger partial charge is 0.496 e. The van der Waals surface area contributed by atoms with Crippen LogP contribution >= 0.6 is 11.6 Å². The van der Waals surface area contributed by atoms with Gasteiger partial charge in [0.2, 0.25) is 0 Å². The van der Waals surface area contributed by atoms with Crippen molar-refractivity contribution in [1.82, 2.24) is 9.97 Å². The van der Waals surface area contributed by atoms with E-state index in [1.807, 2.05) is 19.1 Å². The van der Waals surface area contributed by atoms with E-state index in [1.54, 1.807) is 7.11 Å². The van der Waals surface area contributed by atoms with Crippen molar-refractivity contribution in [2.24, 2.45) is 0 Å². The second-order valence-electron chi connectivity index (χ2n) is 5.35. The van der Waals surface area contributed by atoms with Crippen molar-refractivity contribution in [3.8, 4) is 17.0 Å². The third-order valence-corrected chi connectivity index (χ3v) is 3.87. The highest BCUT2D eigenvalue weighted by Crippen LogP contribution is 2.39. The molecule has 2 aromatic rings. The van der Waals surface area contributed by atoms with Gasteiger partial charge in [0.1, 0.15) is 16.7 Å². The first kappa shape index (κ1) is 13.4. The van der Waals surface area contributed by atoms with Crippen molar-refractivity contribution in [2.45, 2.75) is 32.6 Å². The predicted octanol–water partition coefficient (Wildman–Crippen LogP) is 4.30. The van der Waals surface area contributed by atoms with Gasteiger partial charge in [0.05, 0.1) is 12.8 Å². The molecule has 0 radical (unpaired) electrons. The molecule has 3 nitrogen and oxygen atoms in total. The molecule has 0 bridgehead atoms. The van der Waals surface area contributed by atoms with Crippen molar-refractivity contribution < 1.29 is 4.74 Å². The van der Waals surface area contributed by atoms with Crippen molar-refractivity contribution in [1.29, 1.82) is 0 Å². The summed E-state index contributed by atoms with van der Waals surface area (Å²) in [6.07, 6.45) is 2.33. The number of benzene rings is 1. The first-order valence-corrected chi connectivity index (χ1v) is 7.16. The number of hydrogen-bond acceptors (Lipinski definition) is 3. The van der Waals surface area contributed by atoms with E-state index in [-0.39, 0.29) is 0 Å². The van der Waals surface area contributed by atoms with Crippen LogP contribution in [-0.2, 0) is 0 Å². The third-order valence-electron chi connectivity index (χ3n) is 3.67. The van der Waals surface area contributed by atoms with Crippen LogP contribution in [0.2, 0.25) is 5.15 Å². The van der Waals surface area contributed by atoms with Crippen molar-refractivity contribution in [3.05, 3.63) is 40.3 Å². The van der Waals surface area contributed by atoms with Crippen LogP contribution in [0.3, 0.4) is 0 Å². The van der Waals surface area contributed by atoms with Gasteiger partial charge >= 0.3 is 0 Å². The molecule has 1 saturated carbocycles. The van der Waals surface area contributed by atoms with Gasteiger partial charge in [-0.3, -0.25) is 0 Å². The molecule has 1 heterocycles. The van der Waals surface area contributed by atoms with Gasteiger partial charge in [-0.15, -0.1) is 0 Å². The van der Waals surface area contributed by atoms with Gasteiger partial charge in [0.25, 0.3) is 0 Å². The highest BCUT2D eigenvalue weighted by molar-refractivity contribution is 6.29. The van der Waals surface area contributed by atoms with Gasteiger partial charge < -0.3 is 4.74 Å². The SMILES string of the molecule is COc1cc(C)c(-c2cc(Cl)nc(C3CC3)n2)cc1C. The fraction of sp³-hybridized carbons (Fsp3) is 0.375. The molecule has 0 aliphatic heterocycles. The zero-order valence-electron chi connectivity index (χ0n) is 11.9. The summed E-state index contributed by atoms with van der Waals surface area (Å²) in [5, 5.41) is 0.518. The van der Waals surface area contributed by atoms with Crippen LogP contribution in [0.1, 0.15) is 35.7 Å². The molecule has 1 aromatic heterocycles. The van der Waals surface area contributed by atoms with E-state index in [4.69, 9.17) is 16.3 Å². The third kappa shape index (κ3) is 2.50. The molecule has 4 heteroatoms. The first-order chi connectivity index (χ1) is 9.58. The van der Waals surface area contributed by atoms with Gasteiger partial charge in [-0.25, -0.2) is 9.97 Å². The van der Waals surface area contributed by atoms with Crippen molar-refractivity contribution >= 4 is 11.6 Å². The van der Waals surface area contributed by atoms with E-state index in [9.17, 15) is 0 Å². The van der Waals surface area contributed by atoms with Crippen LogP contribution in [0.25, 0.3) is 11.3 Å². The van der Waals surface area contributed by atoms with Crippen molar-refractivity contribution in [3.63, 3.8) is 0 Å². The zero-order valence-corrected chi connectivity index (χ0v) is 12.7. The Morgan fingerprint density at radius 1 is 1.10 bits per heavy atom. The lowest BCUT2D eigenvalue weighted by molar-refractivity contribution is 0.411.